The summed E-state index contributed by atoms with van der Waals surface area (Å²) in [6.45, 7) is 7.21. The largest absolute Gasteiger partial charge is 0.336 e. The molecule has 0 bridgehead atoms. The average molecular weight is 387 g/mol. The molecule has 5 nitrogen and oxygen atoms in total. The minimum absolute atomic E-state index is 0.0403. The van der Waals surface area contributed by atoms with Crippen LogP contribution in [0.4, 0.5) is 0 Å². The van der Waals surface area contributed by atoms with Crippen LogP contribution in [0.5, 0.6) is 0 Å². The van der Waals surface area contributed by atoms with Gasteiger partial charge in [-0.3, -0.25) is 4.79 Å². The van der Waals surface area contributed by atoms with Gasteiger partial charge in [0.25, 0.3) is 5.91 Å². The van der Waals surface area contributed by atoms with E-state index in [9.17, 15) is 13.2 Å². The maximum Gasteiger partial charge on any atom is 0.253 e. The Morgan fingerprint density at radius 2 is 1.59 bits per heavy atom. The molecule has 0 N–H and O–H groups in total. The third-order valence-electron chi connectivity index (χ3n) is 5.10. The van der Waals surface area contributed by atoms with E-state index < -0.39 is 10.0 Å². The number of amides is 1. The molecule has 144 valence electrons. The summed E-state index contributed by atoms with van der Waals surface area (Å²) in [7, 11) is -3.54. The molecule has 0 spiro atoms. The minimum Gasteiger partial charge on any atom is -0.336 e. The lowest BCUT2D eigenvalue weighted by Crippen LogP contribution is -2.50. The van der Waals surface area contributed by atoms with Gasteiger partial charge in [0.2, 0.25) is 10.0 Å². The Bertz CT molecular complexity index is 928. The lowest BCUT2D eigenvalue weighted by atomic mass is 10.1. The molecule has 0 aromatic heterocycles. The van der Waals surface area contributed by atoms with Gasteiger partial charge in [-0.1, -0.05) is 31.2 Å². The van der Waals surface area contributed by atoms with E-state index >= 15 is 0 Å². The Morgan fingerprint density at radius 1 is 0.963 bits per heavy atom. The predicted molar refractivity (Wildman–Crippen MR) is 106 cm³/mol. The van der Waals surface area contributed by atoms with Gasteiger partial charge in [0.15, 0.2) is 0 Å². The fraction of sp³-hybridized carbons (Fsp3) is 0.381. The predicted octanol–water partition coefficient (Wildman–Crippen LogP) is 3.01. The number of nitrogens with zero attached hydrogens (tertiary/aromatic N) is 2. The lowest BCUT2D eigenvalue weighted by molar-refractivity contribution is 0.0698. The SMILES string of the molecule is CCc1ccc(C(=O)N2CCN(S(=O)(=O)c3cc(C)ccc3C)CC2)cc1. The van der Waals surface area contributed by atoms with E-state index in [0.29, 0.717) is 36.6 Å². The zero-order chi connectivity index (χ0) is 19.6. The first-order chi connectivity index (χ1) is 12.8. The molecule has 1 aliphatic heterocycles. The van der Waals surface area contributed by atoms with E-state index in [1.54, 1.807) is 11.0 Å². The number of hydrogen-bond acceptors (Lipinski definition) is 3. The molecule has 0 atom stereocenters. The molecule has 1 saturated heterocycles. The zero-order valence-corrected chi connectivity index (χ0v) is 16.9. The van der Waals surface area contributed by atoms with Crippen LogP contribution >= 0.6 is 0 Å². The second-order valence-electron chi connectivity index (χ2n) is 7.02. The number of carbonyl (C=O) groups excluding carboxylic acids is 1. The monoisotopic (exact) mass is 386 g/mol. The summed E-state index contributed by atoms with van der Waals surface area (Å²) in [5.41, 5.74) is 3.51. The number of hydrogen-bond donors (Lipinski definition) is 0. The van der Waals surface area contributed by atoms with Gasteiger partial charge >= 0.3 is 0 Å². The van der Waals surface area contributed by atoms with Crippen molar-refractivity contribution in [2.75, 3.05) is 26.2 Å². The van der Waals surface area contributed by atoms with Crippen molar-refractivity contribution in [3.8, 4) is 0 Å². The normalized spacial score (nSPS) is 15.7. The van der Waals surface area contributed by atoms with Gasteiger partial charge in [-0.2, -0.15) is 4.31 Å². The van der Waals surface area contributed by atoms with Gasteiger partial charge in [0.1, 0.15) is 0 Å². The molecule has 2 aromatic rings. The van der Waals surface area contributed by atoms with Gasteiger partial charge < -0.3 is 4.90 Å². The second kappa shape index (κ2) is 7.82. The molecule has 3 rings (SSSR count). The topological polar surface area (TPSA) is 57.7 Å². The van der Waals surface area contributed by atoms with Crippen LogP contribution in [0.25, 0.3) is 0 Å². The van der Waals surface area contributed by atoms with Gasteiger partial charge in [-0.25, -0.2) is 8.42 Å². The Balaban J connectivity index is 1.70. The van der Waals surface area contributed by atoms with Crippen LogP contribution in [0.1, 0.15) is 34.0 Å². The van der Waals surface area contributed by atoms with Crippen molar-refractivity contribution in [3.63, 3.8) is 0 Å². The van der Waals surface area contributed by atoms with Crippen molar-refractivity contribution in [2.45, 2.75) is 32.1 Å². The van der Waals surface area contributed by atoms with E-state index in [0.717, 1.165) is 17.5 Å². The summed E-state index contributed by atoms with van der Waals surface area (Å²) in [5.74, 6) is -0.0403. The molecule has 2 aromatic carbocycles. The minimum atomic E-state index is -3.54. The maximum absolute atomic E-state index is 13.0. The van der Waals surface area contributed by atoms with Gasteiger partial charge in [0, 0.05) is 31.7 Å². The van der Waals surface area contributed by atoms with Crippen molar-refractivity contribution in [2.24, 2.45) is 0 Å². The number of carbonyl (C=O) groups is 1. The van der Waals surface area contributed by atoms with E-state index in [1.807, 2.05) is 50.2 Å². The molecule has 0 aliphatic carbocycles. The summed E-state index contributed by atoms with van der Waals surface area (Å²) >= 11 is 0. The van der Waals surface area contributed by atoms with Crippen LogP contribution in [-0.2, 0) is 16.4 Å². The quantitative estimate of drug-likeness (QED) is 0.812. The van der Waals surface area contributed by atoms with Gasteiger partial charge in [0.05, 0.1) is 4.90 Å². The van der Waals surface area contributed by atoms with Crippen LogP contribution < -0.4 is 0 Å². The highest BCUT2D eigenvalue weighted by Crippen LogP contribution is 2.23. The number of sulfonamides is 1. The molecule has 1 fully saturated rings. The molecule has 27 heavy (non-hydrogen) atoms. The fourth-order valence-corrected chi connectivity index (χ4v) is 5.05. The highest BCUT2D eigenvalue weighted by Gasteiger charge is 2.31. The molecular weight excluding hydrogens is 360 g/mol. The smallest absolute Gasteiger partial charge is 0.253 e. The van der Waals surface area contributed by atoms with Crippen molar-refractivity contribution in [1.29, 1.82) is 0 Å². The molecule has 1 amide bonds. The molecule has 1 heterocycles. The van der Waals surface area contributed by atoms with E-state index in [1.165, 1.54) is 9.87 Å². The molecule has 1 aliphatic rings. The second-order valence-corrected chi connectivity index (χ2v) is 8.92. The van der Waals surface area contributed by atoms with Crippen molar-refractivity contribution < 1.29 is 13.2 Å². The average Bonchev–Trinajstić information content (AvgIpc) is 2.69. The number of aryl methyl sites for hydroxylation is 3. The summed E-state index contributed by atoms with van der Waals surface area (Å²) in [6.07, 6.45) is 0.934. The standard InChI is InChI=1S/C21H26N2O3S/c1-4-18-7-9-19(10-8-18)21(24)22-11-13-23(14-12-22)27(25,26)20-15-16(2)5-6-17(20)3/h5-10,15H,4,11-14H2,1-3H3. The summed E-state index contributed by atoms with van der Waals surface area (Å²) in [5, 5.41) is 0. The van der Waals surface area contributed by atoms with Crippen LogP contribution in [0, 0.1) is 13.8 Å². The van der Waals surface area contributed by atoms with Gasteiger partial charge in [-0.05, 0) is 55.2 Å². The number of benzene rings is 2. The van der Waals surface area contributed by atoms with Crippen LogP contribution in [0.3, 0.4) is 0 Å². The Kier molecular flexibility index (Phi) is 5.67. The molecule has 6 heteroatoms. The highest BCUT2D eigenvalue weighted by molar-refractivity contribution is 7.89. The van der Waals surface area contributed by atoms with Crippen molar-refractivity contribution in [3.05, 3.63) is 64.7 Å². The summed E-state index contributed by atoms with van der Waals surface area (Å²) < 4.78 is 27.5. The molecule has 0 radical (unpaired) electrons. The highest BCUT2D eigenvalue weighted by atomic mass is 32.2. The van der Waals surface area contributed by atoms with E-state index in [4.69, 9.17) is 0 Å². The summed E-state index contributed by atoms with van der Waals surface area (Å²) in [4.78, 5) is 14.8. The van der Waals surface area contributed by atoms with Crippen LogP contribution in [0.15, 0.2) is 47.4 Å². The number of rotatable bonds is 4. The van der Waals surface area contributed by atoms with Crippen LogP contribution in [0.2, 0.25) is 0 Å². The molecular formula is C21H26N2O3S. The lowest BCUT2D eigenvalue weighted by Gasteiger charge is -2.34. The van der Waals surface area contributed by atoms with E-state index in [2.05, 4.69) is 6.92 Å². The van der Waals surface area contributed by atoms with Gasteiger partial charge in [-0.15, -0.1) is 0 Å². The third-order valence-corrected chi connectivity index (χ3v) is 7.14. The Morgan fingerprint density at radius 3 is 2.19 bits per heavy atom. The Labute approximate surface area is 161 Å². The van der Waals surface area contributed by atoms with E-state index in [-0.39, 0.29) is 5.91 Å². The number of piperazine rings is 1. The first kappa shape index (κ1) is 19.6. The first-order valence-electron chi connectivity index (χ1n) is 9.28. The Hall–Kier alpha value is -2.18. The zero-order valence-electron chi connectivity index (χ0n) is 16.1. The van der Waals surface area contributed by atoms with Crippen molar-refractivity contribution in [1.82, 2.24) is 9.21 Å². The van der Waals surface area contributed by atoms with Crippen LogP contribution in [-0.4, -0.2) is 49.7 Å². The third kappa shape index (κ3) is 4.06. The maximum atomic E-state index is 13.0. The fourth-order valence-electron chi connectivity index (χ4n) is 3.32. The summed E-state index contributed by atoms with van der Waals surface area (Å²) in [6, 6.07) is 13.1. The molecule has 0 saturated carbocycles. The van der Waals surface area contributed by atoms with Crippen molar-refractivity contribution >= 4 is 15.9 Å². The molecule has 0 unspecified atom stereocenters. The first-order valence-corrected chi connectivity index (χ1v) is 10.7.